The Morgan fingerprint density at radius 1 is 1.88 bits per heavy atom. The number of carbonyl (C=O) groups is 1. The third-order valence-electron chi connectivity index (χ3n) is 0.640. The molecule has 0 aromatic heterocycles. The van der Waals surface area contributed by atoms with Crippen LogP contribution < -0.4 is 0 Å². The van der Waals surface area contributed by atoms with Gasteiger partial charge in [-0.3, -0.25) is 0 Å². The molecule has 8 heavy (non-hydrogen) atoms. The summed E-state index contributed by atoms with van der Waals surface area (Å²) < 4.78 is 0. The van der Waals surface area contributed by atoms with Crippen molar-refractivity contribution in [3.63, 3.8) is 0 Å². The van der Waals surface area contributed by atoms with Crippen LogP contribution in [0.25, 0.3) is 0 Å². The molecule has 0 heterocycles. The molecule has 0 rings (SSSR count). The van der Waals surface area contributed by atoms with E-state index in [0.717, 1.165) is 0 Å². The molecule has 0 aliphatic heterocycles. The first kappa shape index (κ1) is 6.70. The summed E-state index contributed by atoms with van der Waals surface area (Å²) in [6.45, 7) is 1.51. The van der Waals surface area contributed by atoms with Crippen LogP contribution in [0.5, 0.6) is 0 Å². The molecule has 0 aromatic carbocycles. The van der Waals surface area contributed by atoms with Crippen molar-refractivity contribution >= 4 is 5.97 Å². The van der Waals surface area contributed by atoms with Crippen molar-refractivity contribution in [2.75, 3.05) is 0 Å². The second kappa shape index (κ2) is 2.80. The fourth-order valence-corrected chi connectivity index (χ4v) is 0.236. The average Bonchev–Trinajstić information content (AvgIpc) is 1.69. The summed E-state index contributed by atoms with van der Waals surface area (Å²) in [5, 5.41) is 16.1. The third-order valence-corrected chi connectivity index (χ3v) is 0.640. The lowest BCUT2D eigenvalue weighted by atomic mass is 10.3. The molecule has 0 atom stereocenters. The molecule has 0 saturated heterocycles. The fraction of sp³-hybridized carbons (Fsp3) is 0.200. The highest BCUT2D eigenvalue weighted by Gasteiger charge is 2.00. The van der Waals surface area contributed by atoms with Crippen molar-refractivity contribution < 1.29 is 9.90 Å². The fourth-order valence-electron chi connectivity index (χ4n) is 0.236. The predicted octanol–water partition coefficient (Wildman–Crippen LogP) is 0.541. The Morgan fingerprint density at radius 3 is 2.38 bits per heavy atom. The lowest BCUT2D eigenvalue weighted by Gasteiger charge is -1.80. The van der Waals surface area contributed by atoms with Gasteiger partial charge in [-0.25, -0.2) is 4.79 Å². The summed E-state index contributed by atoms with van der Waals surface area (Å²) in [7, 11) is 0. The number of hydrogen-bond acceptors (Lipinski definition) is 2. The van der Waals surface area contributed by atoms with Crippen LogP contribution in [0.3, 0.4) is 0 Å². The number of nitriles is 1. The predicted molar refractivity (Wildman–Crippen MR) is 27.0 cm³/mol. The number of nitrogens with zero attached hydrogens (tertiary/aromatic N) is 1. The Hall–Kier alpha value is -1.30. The number of allylic oxidation sites excluding steroid dienone is 1. The van der Waals surface area contributed by atoms with Crippen molar-refractivity contribution in [3.05, 3.63) is 11.6 Å². The van der Waals surface area contributed by atoms with Crippen molar-refractivity contribution in [2.24, 2.45) is 0 Å². The first-order chi connectivity index (χ1) is 3.72. The van der Waals surface area contributed by atoms with E-state index in [-0.39, 0.29) is 5.57 Å². The van der Waals surface area contributed by atoms with Gasteiger partial charge in [0.2, 0.25) is 0 Å². The molecule has 3 nitrogen and oxygen atoms in total. The Balaban J connectivity index is 4.20. The number of carboxylic acids is 1. The van der Waals surface area contributed by atoms with Crippen LogP contribution in [0, 0.1) is 11.3 Å². The molecule has 3 heteroatoms. The number of carboxylic acid groups (broad SMARTS) is 1. The molecule has 0 amide bonds. The summed E-state index contributed by atoms with van der Waals surface area (Å²) in [6, 6.07) is 1.51. The summed E-state index contributed by atoms with van der Waals surface area (Å²) in [5.41, 5.74) is -0.218. The smallest absolute Gasteiger partial charge is 0.346 e. The molecule has 0 radical (unpaired) electrons. The van der Waals surface area contributed by atoms with Crippen molar-refractivity contribution in [3.8, 4) is 6.07 Å². The molecule has 0 fully saturated rings. The van der Waals surface area contributed by atoms with E-state index < -0.39 is 5.97 Å². The van der Waals surface area contributed by atoms with Gasteiger partial charge in [0.05, 0.1) is 0 Å². The minimum absolute atomic E-state index is 0.218. The molecular formula is C5H5NO2. The van der Waals surface area contributed by atoms with Gasteiger partial charge in [-0.2, -0.15) is 5.26 Å². The lowest BCUT2D eigenvalue weighted by Crippen LogP contribution is -1.96. The van der Waals surface area contributed by atoms with Crippen LogP contribution >= 0.6 is 0 Å². The normalized spacial score (nSPS) is 10.2. The summed E-state index contributed by atoms with van der Waals surface area (Å²) in [5.74, 6) is -1.17. The van der Waals surface area contributed by atoms with Crippen LogP contribution in [-0.2, 0) is 4.79 Å². The van der Waals surface area contributed by atoms with Crippen LogP contribution in [0.15, 0.2) is 11.6 Å². The highest BCUT2D eigenvalue weighted by atomic mass is 16.4. The lowest BCUT2D eigenvalue weighted by molar-refractivity contribution is -0.132. The standard InChI is InChI=1S/C5H5NO2/c1-2-4(3-6)5(7)8/h2H,1H3,(H,7,8)/b4-2-. The maximum atomic E-state index is 9.87. The topological polar surface area (TPSA) is 61.1 Å². The Bertz CT molecular complexity index is 164. The van der Waals surface area contributed by atoms with Gasteiger partial charge in [0.15, 0.2) is 0 Å². The molecule has 0 aromatic rings. The highest BCUT2D eigenvalue weighted by Crippen LogP contribution is 1.88. The van der Waals surface area contributed by atoms with E-state index in [1.165, 1.54) is 19.1 Å². The molecule has 0 spiro atoms. The molecule has 0 bridgehead atoms. The van der Waals surface area contributed by atoms with Gasteiger partial charge in [0.1, 0.15) is 11.6 Å². The van der Waals surface area contributed by atoms with Gasteiger partial charge in [-0.15, -0.1) is 0 Å². The molecule has 42 valence electrons. The van der Waals surface area contributed by atoms with E-state index >= 15 is 0 Å². The van der Waals surface area contributed by atoms with E-state index in [9.17, 15) is 4.79 Å². The van der Waals surface area contributed by atoms with E-state index in [0.29, 0.717) is 0 Å². The molecule has 0 aliphatic carbocycles. The first-order valence-electron chi connectivity index (χ1n) is 2.02. The maximum absolute atomic E-state index is 9.87. The molecule has 0 saturated carbocycles. The minimum atomic E-state index is -1.17. The number of aliphatic carboxylic acids is 1. The average molecular weight is 111 g/mol. The van der Waals surface area contributed by atoms with E-state index in [4.69, 9.17) is 10.4 Å². The quantitative estimate of drug-likeness (QED) is 0.397. The van der Waals surface area contributed by atoms with E-state index in [1.54, 1.807) is 0 Å². The van der Waals surface area contributed by atoms with Gasteiger partial charge in [0.25, 0.3) is 0 Å². The zero-order valence-corrected chi connectivity index (χ0v) is 4.38. The second-order valence-electron chi connectivity index (χ2n) is 1.12. The Kier molecular flexibility index (Phi) is 2.35. The van der Waals surface area contributed by atoms with Crippen LogP contribution in [0.1, 0.15) is 6.92 Å². The van der Waals surface area contributed by atoms with Crippen LogP contribution in [-0.4, -0.2) is 11.1 Å². The Labute approximate surface area is 46.9 Å². The maximum Gasteiger partial charge on any atom is 0.346 e. The SMILES string of the molecule is C/C=C(/C#N)C(=O)O. The van der Waals surface area contributed by atoms with Crippen molar-refractivity contribution in [1.29, 1.82) is 5.26 Å². The van der Waals surface area contributed by atoms with Gasteiger partial charge in [-0.1, -0.05) is 6.08 Å². The first-order valence-corrected chi connectivity index (χ1v) is 2.02. The molecular weight excluding hydrogens is 106 g/mol. The number of rotatable bonds is 1. The van der Waals surface area contributed by atoms with Crippen molar-refractivity contribution in [1.82, 2.24) is 0 Å². The van der Waals surface area contributed by atoms with E-state index in [1.807, 2.05) is 0 Å². The minimum Gasteiger partial charge on any atom is -0.477 e. The van der Waals surface area contributed by atoms with E-state index in [2.05, 4.69) is 0 Å². The third kappa shape index (κ3) is 1.43. The van der Waals surface area contributed by atoms with Gasteiger partial charge in [-0.05, 0) is 6.92 Å². The summed E-state index contributed by atoms with van der Waals surface area (Å²) >= 11 is 0. The van der Waals surface area contributed by atoms with Gasteiger partial charge < -0.3 is 5.11 Å². The number of hydrogen-bond donors (Lipinski definition) is 1. The zero-order chi connectivity index (χ0) is 6.57. The molecule has 0 unspecified atom stereocenters. The highest BCUT2D eigenvalue weighted by molar-refractivity contribution is 5.90. The van der Waals surface area contributed by atoms with Crippen LogP contribution in [0.2, 0.25) is 0 Å². The summed E-state index contributed by atoms with van der Waals surface area (Å²) in [6.07, 6.45) is 1.25. The van der Waals surface area contributed by atoms with Crippen molar-refractivity contribution in [2.45, 2.75) is 6.92 Å². The van der Waals surface area contributed by atoms with Gasteiger partial charge >= 0.3 is 5.97 Å². The monoisotopic (exact) mass is 111 g/mol. The zero-order valence-electron chi connectivity index (χ0n) is 4.38. The largest absolute Gasteiger partial charge is 0.477 e. The molecule has 0 aliphatic rings. The van der Waals surface area contributed by atoms with Gasteiger partial charge in [0, 0.05) is 0 Å². The second-order valence-corrected chi connectivity index (χ2v) is 1.12. The summed E-state index contributed by atoms with van der Waals surface area (Å²) in [4.78, 5) is 9.87. The van der Waals surface area contributed by atoms with Crippen LogP contribution in [0.4, 0.5) is 0 Å². The Morgan fingerprint density at radius 2 is 2.38 bits per heavy atom. The molecule has 1 N–H and O–H groups in total.